The molecule has 3 aromatic rings. The number of fused-ring (bicyclic) bond motifs is 1. The Morgan fingerprint density at radius 1 is 1.12 bits per heavy atom. The molecule has 0 saturated heterocycles. The molecule has 1 aromatic heterocycles. The Hall–Kier alpha value is -3.17. The van der Waals surface area contributed by atoms with E-state index in [1.54, 1.807) is 6.08 Å². The molecule has 1 aliphatic rings. The van der Waals surface area contributed by atoms with Crippen LogP contribution in [-0.2, 0) is 15.0 Å². The van der Waals surface area contributed by atoms with Crippen LogP contribution in [0.3, 0.4) is 0 Å². The topological polar surface area (TPSA) is 87.2 Å². The van der Waals surface area contributed by atoms with Crippen molar-refractivity contribution in [3.8, 4) is 0 Å². The number of thioether (sulfide) groups is 1. The lowest BCUT2D eigenvalue weighted by molar-refractivity contribution is -0.114. The standard InChI is InChI=1S/C24H25N5O2S2/c1-15(30)25-16-8-7-9-17(12-16)26-22-27-28-23(33-22)32-14-18(31)13-21-24(2,3)19-10-5-6-11-20(19)29(21)4/h5-13H,14H2,1-4H3,(H,25,30)(H,26,27)/b21-13-. The molecule has 0 saturated carbocycles. The highest BCUT2D eigenvalue weighted by Gasteiger charge is 2.38. The van der Waals surface area contributed by atoms with E-state index in [9.17, 15) is 9.59 Å². The quantitative estimate of drug-likeness (QED) is 0.355. The third kappa shape index (κ3) is 5.09. The lowest BCUT2D eigenvalue weighted by Crippen LogP contribution is -2.24. The number of hydrogen-bond donors (Lipinski definition) is 2. The minimum Gasteiger partial charge on any atom is -0.347 e. The third-order valence-corrected chi connectivity index (χ3v) is 7.41. The van der Waals surface area contributed by atoms with Gasteiger partial charge in [-0.05, 0) is 29.8 Å². The number of para-hydroxylation sites is 1. The molecule has 9 heteroatoms. The smallest absolute Gasteiger partial charge is 0.221 e. The number of ketones is 1. The van der Waals surface area contributed by atoms with Crippen molar-refractivity contribution in [3.05, 3.63) is 65.9 Å². The van der Waals surface area contributed by atoms with Crippen molar-refractivity contribution in [3.63, 3.8) is 0 Å². The number of allylic oxidation sites excluding steroid dienone is 2. The van der Waals surface area contributed by atoms with Crippen LogP contribution in [0.25, 0.3) is 0 Å². The van der Waals surface area contributed by atoms with E-state index in [-0.39, 0.29) is 22.9 Å². The summed E-state index contributed by atoms with van der Waals surface area (Å²) in [4.78, 5) is 26.1. The van der Waals surface area contributed by atoms with Gasteiger partial charge in [0.15, 0.2) is 10.1 Å². The number of likely N-dealkylation sites (N-methyl/N-ethyl adjacent to an activating group) is 1. The zero-order chi connectivity index (χ0) is 23.6. The van der Waals surface area contributed by atoms with Gasteiger partial charge in [0, 0.05) is 48.2 Å². The van der Waals surface area contributed by atoms with Crippen molar-refractivity contribution in [1.29, 1.82) is 0 Å². The number of nitrogens with zero attached hydrogens (tertiary/aromatic N) is 3. The maximum absolute atomic E-state index is 12.8. The maximum Gasteiger partial charge on any atom is 0.221 e. The first kappa shape index (κ1) is 23.0. The zero-order valence-corrected chi connectivity index (χ0v) is 20.5. The summed E-state index contributed by atoms with van der Waals surface area (Å²) in [7, 11) is 2.00. The highest BCUT2D eigenvalue weighted by molar-refractivity contribution is 8.01. The highest BCUT2D eigenvalue weighted by Crippen LogP contribution is 2.46. The zero-order valence-electron chi connectivity index (χ0n) is 18.9. The van der Waals surface area contributed by atoms with E-state index in [1.807, 2.05) is 43.4 Å². The Balaban J connectivity index is 1.38. The Kier molecular flexibility index (Phi) is 6.53. The highest BCUT2D eigenvalue weighted by atomic mass is 32.2. The van der Waals surface area contributed by atoms with Crippen molar-refractivity contribution in [2.24, 2.45) is 0 Å². The predicted octanol–water partition coefficient (Wildman–Crippen LogP) is 5.21. The van der Waals surface area contributed by atoms with Gasteiger partial charge in [-0.2, -0.15) is 0 Å². The van der Waals surface area contributed by atoms with Crippen LogP contribution >= 0.6 is 23.1 Å². The number of benzene rings is 2. The van der Waals surface area contributed by atoms with Gasteiger partial charge in [0.1, 0.15) is 0 Å². The normalized spacial score (nSPS) is 15.4. The molecule has 4 rings (SSSR count). The van der Waals surface area contributed by atoms with Crippen LogP contribution in [0.2, 0.25) is 0 Å². The lowest BCUT2D eigenvalue weighted by atomic mass is 9.83. The summed E-state index contributed by atoms with van der Waals surface area (Å²) in [5.41, 5.74) is 4.62. The van der Waals surface area contributed by atoms with Gasteiger partial charge in [-0.3, -0.25) is 9.59 Å². The molecule has 0 unspecified atom stereocenters. The van der Waals surface area contributed by atoms with Gasteiger partial charge in [0.2, 0.25) is 11.0 Å². The molecule has 1 amide bonds. The Morgan fingerprint density at radius 2 is 1.88 bits per heavy atom. The Bertz CT molecular complexity index is 1230. The van der Waals surface area contributed by atoms with Crippen molar-refractivity contribution >= 4 is 57.0 Å². The molecule has 1 aliphatic heterocycles. The number of amides is 1. The first-order chi connectivity index (χ1) is 15.7. The van der Waals surface area contributed by atoms with Crippen molar-refractivity contribution in [2.45, 2.75) is 30.5 Å². The van der Waals surface area contributed by atoms with E-state index in [0.717, 1.165) is 17.1 Å². The monoisotopic (exact) mass is 479 g/mol. The first-order valence-corrected chi connectivity index (χ1v) is 12.2. The molecule has 2 N–H and O–H groups in total. The summed E-state index contributed by atoms with van der Waals surface area (Å²) >= 11 is 2.76. The molecule has 0 atom stereocenters. The fraction of sp³-hybridized carbons (Fsp3) is 0.250. The van der Waals surface area contributed by atoms with Crippen LogP contribution in [0.15, 0.2) is 64.6 Å². The van der Waals surface area contributed by atoms with Crippen molar-refractivity contribution < 1.29 is 9.59 Å². The Labute approximate surface area is 201 Å². The second-order valence-corrected chi connectivity index (χ2v) is 10.4. The molecule has 0 spiro atoms. The number of rotatable bonds is 7. The van der Waals surface area contributed by atoms with E-state index in [4.69, 9.17) is 0 Å². The molecule has 0 bridgehead atoms. The molecule has 0 aliphatic carbocycles. The van der Waals surface area contributed by atoms with Crippen LogP contribution in [0.5, 0.6) is 0 Å². The molecular formula is C24H25N5O2S2. The number of aromatic nitrogens is 2. The molecular weight excluding hydrogens is 454 g/mol. The van der Waals surface area contributed by atoms with Crippen molar-refractivity contribution in [2.75, 3.05) is 28.3 Å². The molecule has 7 nitrogen and oxygen atoms in total. The summed E-state index contributed by atoms with van der Waals surface area (Å²) in [5, 5.41) is 14.9. The van der Waals surface area contributed by atoms with E-state index in [1.165, 1.54) is 35.6 Å². The van der Waals surface area contributed by atoms with Crippen LogP contribution in [0.4, 0.5) is 22.2 Å². The van der Waals surface area contributed by atoms with Gasteiger partial charge in [-0.15, -0.1) is 10.2 Å². The number of hydrogen-bond acceptors (Lipinski definition) is 8. The summed E-state index contributed by atoms with van der Waals surface area (Å²) in [6.07, 6.45) is 1.75. The molecule has 33 heavy (non-hydrogen) atoms. The number of anilines is 4. The van der Waals surface area contributed by atoms with Crippen LogP contribution < -0.4 is 15.5 Å². The fourth-order valence-corrected chi connectivity index (χ4v) is 5.50. The largest absolute Gasteiger partial charge is 0.347 e. The van der Waals surface area contributed by atoms with E-state index >= 15 is 0 Å². The average Bonchev–Trinajstić information content (AvgIpc) is 3.29. The molecule has 2 heterocycles. The van der Waals surface area contributed by atoms with Crippen LogP contribution in [0.1, 0.15) is 26.3 Å². The van der Waals surface area contributed by atoms with Crippen LogP contribution in [0, 0.1) is 0 Å². The summed E-state index contributed by atoms with van der Waals surface area (Å²) in [6.45, 7) is 5.76. The second-order valence-electron chi connectivity index (χ2n) is 8.25. The van der Waals surface area contributed by atoms with Gasteiger partial charge in [-0.1, -0.05) is 61.2 Å². The minimum atomic E-state index is -0.225. The fourth-order valence-electron chi connectivity index (χ4n) is 3.91. The first-order valence-electron chi connectivity index (χ1n) is 10.4. The van der Waals surface area contributed by atoms with E-state index in [2.05, 4.69) is 51.7 Å². The number of nitrogens with one attached hydrogen (secondary N) is 2. The minimum absolute atomic E-state index is 0.0375. The van der Waals surface area contributed by atoms with E-state index in [0.29, 0.717) is 15.2 Å². The molecule has 2 aromatic carbocycles. The maximum atomic E-state index is 12.8. The number of carbonyl (C=O) groups is 2. The third-order valence-electron chi connectivity index (χ3n) is 5.42. The molecule has 0 fully saturated rings. The van der Waals surface area contributed by atoms with Gasteiger partial charge >= 0.3 is 0 Å². The summed E-state index contributed by atoms with van der Waals surface area (Å²) in [6, 6.07) is 15.6. The van der Waals surface area contributed by atoms with Gasteiger partial charge in [-0.25, -0.2) is 0 Å². The van der Waals surface area contributed by atoms with E-state index < -0.39 is 0 Å². The van der Waals surface area contributed by atoms with Crippen molar-refractivity contribution in [1.82, 2.24) is 10.2 Å². The molecule has 170 valence electrons. The van der Waals surface area contributed by atoms with Gasteiger partial charge in [0.05, 0.1) is 5.75 Å². The Morgan fingerprint density at radius 3 is 2.64 bits per heavy atom. The summed E-state index contributed by atoms with van der Waals surface area (Å²) < 4.78 is 0.713. The second kappa shape index (κ2) is 9.36. The molecule has 0 radical (unpaired) electrons. The SMILES string of the molecule is CC(=O)Nc1cccc(Nc2nnc(SCC(=O)/C=C3\N(C)c4ccccc4C3(C)C)s2)c1. The lowest BCUT2D eigenvalue weighted by Gasteiger charge is -2.23. The van der Waals surface area contributed by atoms with Crippen LogP contribution in [-0.4, -0.2) is 34.7 Å². The van der Waals surface area contributed by atoms with Gasteiger partial charge in [0.25, 0.3) is 0 Å². The number of carbonyl (C=O) groups excluding carboxylic acids is 2. The average molecular weight is 480 g/mol. The predicted molar refractivity (Wildman–Crippen MR) is 136 cm³/mol. The summed E-state index contributed by atoms with van der Waals surface area (Å²) in [5.74, 6) is 0.198. The van der Waals surface area contributed by atoms with Gasteiger partial charge < -0.3 is 15.5 Å².